The lowest BCUT2D eigenvalue weighted by atomic mass is 9.92. The number of phenols is 1. The summed E-state index contributed by atoms with van der Waals surface area (Å²) >= 11 is 6.32. The fourth-order valence-corrected chi connectivity index (χ4v) is 3.84. The van der Waals surface area contributed by atoms with Crippen LogP contribution in [0.4, 0.5) is 4.79 Å². The Labute approximate surface area is 174 Å². The molecule has 3 rings (SSSR count). The van der Waals surface area contributed by atoms with Crippen LogP contribution < -0.4 is 10.1 Å². The molecule has 0 saturated heterocycles. The van der Waals surface area contributed by atoms with Gasteiger partial charge in [-0.3, -0.25) is 9.69 Å². The van der Waals surface area contributed by atoms with Crippen molar-refractivity contribution in [2.24, 2.45) is 0 Å². The quantitative estimate of drug-likeness (QED) is 0.741. The van der Waals surface area contributed by atoms with Crippen molar-refractivity contribution in [2.45, 2.75) is 26.3 Å². The molecule has 0 spiro atoms. The van der Waals surface area contributed by atoms with Gasteiger partial charge in [0.05, 0.1) is 18.2 Å². The summed E-state index contributed by atoms with van der Waals surface area (Å²) in [7, 11) is 1.42. The number of halogens is 1. The Balaban J connectivity index is 1.98. The predicted molar refractivity (Wildman–Crippen MR) is 111 cm³/mol. The lowest BCUT2D eigenvalue weighted by Gasteiger charge is -2.36. The number of hydrogen-bond acceptors (Lipinski definition) is 4. The Kier molecular flexibility index (Phi) is 6.13. The molecule has 0 unspecified atom stereocenters. The molecule has 2 aromatic carbocycles. The smallest absolute Gasteiger partial charge is 0.322 e. The van der Waals surface area contributed by atoms with E-state index in [1.807, 2.05) is 30.3 Å². The number of allylic oxidation sites excluding steroid dienone is 1. The molecule has 152 valence electrons. The summed E-state index contributed by atoms with van der Waals surface area (Å²) in [5.41, 5.74) is 2.63. The topological polar surface area (TPSA) is 78.9 Å². The number of rotatable bonds is 6. The van der Waals surface area contributed by atoms with E-state index in [1.54, 1.807) is 17.9 Å². The molecular formula is C22H23ClN2O4. The van der Waals surface area contributed by atoms with E-state index in [1.165, 1.54) is 20.1 Å². The molecule has 1 aliphatic heterocycles. The van der Waals surface area contributed by atoms with E-state index < -0.39 is 6.04 Å². The highest BCUT2D eigenvalue weighted by molar-refractivity contribution is 6.31. The van der Waals surface area contributed by atoms with Crippen LogP contribution in [0.3, 0.4) is 0 Å². The molecule has 2 N–H and O–H groups in total. The van der Waals surface area contributed by atoms with E-state index in [4.69, 9.17) is 16.3 Å². The van der Waals surface area contributed by atoms with Crippen molar-refractivity contribution in [1.82, 2.24) is 10.2 Å². The molecule has 0 aliphatic carbocycles. The molecule has 7 heteroatoms. The third kappa shape index (κ3) is 4.22. The van der Waals surface area contributed by atoms with Crippen LogP contribution in [-0.4, -0.2) is 35.5 Å². The summed E-state index contributed by atoms with van der Waals surface area (Å²) in [5.74, 6) is -0.0658. The van der Waals surface area contributed by atoms with Crippen molar-refractivity contribution in [1.29, 1.82) is 0 Å². The highest BCUT2D eigenvalue weighted by Crippen LogP contribution is 2.39. The fourth-order valence-electron chi connectivity index (χ4n) is 3.57. The molecule has 1 atom stereocenters. The monoisotopic (exact) mass is 414 g/mol. The van der Waals surface area contributed by atoms with Crippen LogP contribution >= 0.6 is 11.6 Å². The molecule has 1 heterocycles. The second kappa shape index (κ2) is 8.57. The number of nitrogens with one attached hydrogen (secondary N) is 1. The Morgan fingerprint density at radius 3 is 2.59 bits per heavy atom. The minimum atomic E-state index is -0.727. The summed E-state index contributed by atoms with van der Waals surface area (Å²) in [6.07, 6.45) is 0.662. The van der Waals surface area contributed by atoms with Gasteiger partial charge in [0, 0.05) is 29.4 Å². The SMILES string of the molecule is COc1cc([C@H]2NC(=O)N(CCc3ccccc3)C(C)=C2C(C)=O)c(Cl)cc1O. The molecule has 0 saturated carbocycles. The molecule has 0 aromatic heterocycles. The van der Waals surface area contributed by atoms with Crippen molar-refractivity contribution in [3.63, 3.8) is 0 Å². The number of Topliss-reactive ketones (excluding diaryl/α,β-unsaturated/α-hetero) is 1. The standard InChI is InChI=1S/C22H23ClN2O4/c1-13-20(14(2)26)21(16-11-19(29-3)18(27)12-17(16)23)24-22(28)25(13)10-9-15-7-5-4-6-8-15/h4-8,11-12,21,27H,9-10H2,1-3H3,(H,24,28)/t21-/m1/s1. The first kappa shape index (κ1) is 20.7. The van der Waals surface area contributed by atoms with Gasteiger partial charge in [0.2, 0.25) is 0 Å². The van der Waals surface area contributed by atoms with Gasteiger partial charge in [-0.1, -0.05) is 41.9 Å². The summed E-state index contributed by atoms with van der Waals surface area (Å²) in [5, 5.41) is 13.0. The molecule has 2 aromatic rings. The minimum Gasteiger partial charge on any atom is -0.504 e. The van der Waals surface area contributed by atoms with E-state index in [-0.39, 0.29) is 28.3 Å². The van der Waals surface area contributed by atoms with E-state index in [0.29, 0.717) is 29.8 Å². The number of urea groups is 1. The number of ether oxygens (including phenoxy) is 1. The van der Waals surface area contributed by atoms with Gasteiger partial charge in [-0.25, -0.2) is 4.79 Å². The lowest BCUT2D eigenvalue weighted by Crippen LogP contribution is -2.48. The van der Waals surface area contributed by atoms with E-state index in [9.17, 15) is 14.7 Å². The number of methoxy groups -OCH3 is 1. The van der Waals surface area contributed by atoms with Gasteiger partial charge in [-0.2, -0.15) is 0 Å². The lowest BCUT2D eigenvalue weighted by molar-refractivity contribution is -0.114. The minimum absolute atomic E-state index is 0.113. The van der Waals surface area contributed by atoms with Crippen LogP contribution in [0, 0.1) is 0 Å². The van der Waals surface area contributed by atoms with Crippen LogP contribution in [-0.2, 0) is 11.2 Å². The molecule has 2 amide bonds. The average molecular weight is 415 g/mol. The van der Waals surface area contributed by atoms with Gasteiger partial charge in [0.15, 0.2) is 17.3 Å². The van der Waals surface area contributed by atoms with E-state index in [2.05, 4.69) is 5.32 Å². The third-order valence-corrected chi connectivity index (χ3v) is 5.38. The van der Waals surface area contributed by atoms with Crippen LogP contribution in [0.5, 0.6) is 11.5 Å². The van der Waals surface area contributed by atoms with Crippen LogP contribution in [0.2, 0.25) is 5.02 Å². The Hall–Kier alpha value is -2.99. The fraction of sp³-hybridized carbons (Fsp3) is 0.273. The van der Waals surface area contributed by atoms with Crippen molar-refractivity contribution in [2.75, 3.05) is 13.7 Å². The third-order valence-electron chi connectivity index (χ3n) is 5.05. The zero-order chi connectivity index (χ0) is 21.1. The Morgan fingerprint density at radius 2 is 1.97 bits per heavy atom. The number of benzene rings is 2. The number of amides is 2. The van der Waals surface area contributed by atoms with Crippen LogP contribution in [0.15, 0.2) is 53.7 Å². The summed E-state index contributed by atoms with van der Waals surface area (Å²) in [6.45, 7) is 3.67. The Bertz CT molecular complexity index is 972. The molecule has 1 aliphatic rings. The maximum atomic E-state index is 12.9. The number of carbonyl (C=O) groups excluding carboxylic acids is 2. The van der Waals surface area contributed by atoms with Gasteiger partial charge < -0.3 is 15.2 Å². The number of hydrogen-bond donors (Lipinski definition) is 2. The van der Waals surface area contributed by atoms with Gasteiger partial charge in [0.1, 0.15) is 0 Å². The molecule has 0 fully saturated rings. The average Bonchev–Trinajstić information content (AvgIpc) is 2.68. The first-order valence-corrected chi connectivity index (χ1v) is 9.61. The maximum Gasteiger partial charge on any atom is 0.322 e. The van der Waals surface area contributed by atoms with Gasteiger partial charge in [-0.15, -0.1) is 0 Å². The van der Waals surface area contributed by atoms with Crippen LogP contribution in [0.25, 0.3) is 0 Å². The molecule has 0 radical (unpaired) electrons. The highest BCUT2D eigenvalue weighted by atomic mass is 35.5. The normalized spacial score (nSPS) is 16.6. The van der Waals surface area contributed by atoms with Crippen molar-refractivity contribution >= 4 is 23.4 Å². The van der Waals surface area contributed by atoms with Crippen molar-refractivity contribution < 1.29 is 19.4 Å². The Morgan fingerprint density at radius 1 is 1.28 bits per heavy atom. The second-order valence-electron chi connectivity index (χ2n) is 6.87. The van der Waals surface area contributed by atoms with E-state index in [0.717, 1.165) is 5.56 Å². The van der Waals surface area contributed by atoms with Gasteiger partial charge in [-0.05, 0) is 31.9 Å². The molecule has 0 bridgehead atoms. The number of aromatic hydroxyl groups is 1. The number of carbonyl (C=O) groups is 2. The first-order chi connectivity index (χ1) is 13.8. The first-order valence-electron chi connectivity index (χ1n) is 9.23. The number of phenolic OH excluding ortho intramolecular Hbond substituents is 1. The molecular weight excluding hydrogens is 392 g/mol. The summed E-state index contributed by atoms with van der Waals surface area (Å²) in [4.78, 5) is 26.9. The molecule has 6 nitrogen and oxygen atoms in total. The molecule has 29 heavy (non-hydrogen) atoms. The largest absolute Gasteiger partial charge is 0.504 e. The van der Waals surface area contributed by atoms with Crippen molar-refractivity contribution in [3.05, 3.63) is 69.9 Å². The summed E-state index contributed by atoms with van der Waals surface area (Å²) < 4.78 is 5.16. The zero-order valence-electron chi connectivity index (χ0n) is 16.5. The van der Waals surface area contributed by atoms with E-state index >= 15 is 0 Å². The van der Waals surface area contributed by atoms with Gasteiger partial charge >= 0.3 is 6.03 Å². The number of ketones is 1. The summed E-state index contributed by atoms with van der Waals surface area (Å²) in [6, 6.07) is 11.7. The van der Waals surface area contributed by atoms with Crippen molar-refractivity contribution in [3.8, 4) is 11.5 Å². The van der Waals surface area contributed by atoms with Gasteiger partial charge in [0.25, 0.3) is 0 Å². The predicted octanol–water partition coefficient (Wildman–Crippen LogP) is 4.23. The number of nitrogens with zero attached hydrogens (tertiary/aromatic N) is 1. The second-order valence-corrected chi connectivity index (χ2v) is 7.28. The van der Waals surface area contributed by atoms with Crippen LogP contribution in [0.1, 0.15) is 31.0 Å². The highest BCUT2D eigenvalue weighted by Gasteiger charge is 2.35. The maximum absolute atomic E-state index is 12.9. The zero-order valence-corrected chi connectivity index (χ0v) is 17.3.